The van der Waals surface area contributed by atoms with Crippen LogP contribution in [0.25, 0.3) is 0 Å². The van der Waals surface area contributed by atoms with Gasteiger partial charge in [0.15, 0.2) is 0 Å². The quantitative estimate of drug-likeness (QED) is 0.857. The minimum Gasteiger partial charge on any atom is -0.481 e. The Labute approximate surface area is 116 Å². The van der Waals surface area contributed by atoms with Crippen LogP contribution >= 0.6 is 0 Å². The van der Waals surface area contributed by atoms with Gasteiger partial charge in [-0.15, -0.1) is 0 Å². The number of aliphatic hydroxyl groups is 1. The van der Waals surface area contributed by atoms with Gasteiger partial charge in [-0.1, -0.05) is 43.7 Å². The van der Waals surface area contributed by atoms with Gasteiger partial charge in [0.2, 0.25) is 0 Å². The van der Waals surface area contributed by atoms with E-state index in [1.807, 2.05) is 45.0 Å². The molecule has 0 saturated heterocycles. The van der Waals surface area contributed by atoms with Gasteiger partial charge >= 0.3 is 5.97 Å². The second-order valence-electron chi connectivity index (χ2n) is 4.89. The fourth-order valence-corrected chi connectivity index (χ4v) is 1.86. The van der Waals surface area contributed by atoms with Crippen LogP contribution in [0, 0.1) is 6.92 Å². The zero-order chi connectivity index (χ0) is 15.1. The monoisotopic (exact) mass is 266 g/mol. The molecule has 3 heteroatoms. The van der Waals surface area contributed by atoms with Crippen LogP contribution in [-0.2, 0) is 10.2 Å². The standard InChI is InChI=1S/C14H20O3.C2H6/c1-10-5-4-6-12(9-10)14(3,13(16)17)8-7-11(2)15;1-2/h4-6,9,11,15H,7-8H2,1-3H3,(H,16,17);1-2H3. The highest BCUT2D eigenvalue weighted by atomic mass is 16.4. The summed E-state index contributed by atoms with van der Waals surface area (Å²) >= 11 is 0. The first-order valence-electron chi connectivity index (χ1n) is 6.85. The van der Waals surface area contributed by atoms with Gasteiger partial charge in [0.25, 0.3) is 0 Å². The van der Waals surface area contributed by atoms with E-state index in [0.717, 1.165) is 11.1 Å². The van der Waals surface area contributed by atoms with Crippen molar-refractivity contribution < 1.29 is 15.0 Å². The number of aryl methyl sites for hydroxylation is 1. The molecule has 0 fully saturated rings. The molecule has 0 aliphatic carbocycles. The Morgan fingerprint density at radius 3 is 2.37 bits per heavy atom. The van der Waals surface area contributed by atoms with Crippen LogP contribution in [0.3, 0.4) is 0 Å². The van der Waals surface area contributed by atoms with Gasteiger partial charge in [-0.2, -0.15) is 0 Å². The Hall–Kier alpha value is -1.35. The van der Waals surface area contributed by atoms with Crippen molar-refractivity contribution in [3.63, 3.8) is 0 Å². The van der Waals surface area contributed by atoms with E-state index in [4.69, 9.17) is 0 Å². The lowest BCUT2D eigenvalue weighted by Crippen LogP contribution is -2.33. The van der Waals surface area contributed by atoms with Gasteiger partial charge in [-0.25, -0.2) is 0 Å². The first-order valence-corrected chi connectivity index (χ1v) is 6.85. The lowest BCUT2D eigenvalue weighted by atomic mass is 9.77. The van der Waals surface area contributed by atoms with Gasteiger partial charge in [0.1, 0.15) is 0 Å². The summed E-state index contributed by atoms with van der Waals surface area (Å²) in [5.74, 6) is -0.844. The Balaban J connectivity index is 0.00000154. The lowest BCUT2D eigenvalue weighted by molar-refractivity contribution is -0.143. The molecule has 3 nitrogen and oxygen atoms in total. The SMILES string of the molecule is CC.Cc1cccc(C(C)(CCC(C)O)C(=O)O)c1. The average molecular weight is 266 g/mol. The average Bonchev–Trinajstić information content (AvgIpc) is 2.38. The zero-order valence-electron chi connectivity index (χ0n) is 12.6. The number of benzene rings is 1. The summed E-state index contributed by atoms with van der Waals surface area (Å²) in [6, 6.07) is 7.55. The number of aliphatic carboxylic acids is 1. The van der Waals surface area contributed by atoms with Crippen LogP contribution in [0.15, 0.2) is 24.3 Å². The van der Waals surface area contributed by atoms with Gasteiger partial charge in [-0.3, -0.25) is 4.79 Å². The van der Waals surface area contributed by atoms with Crippen LogP contribution in [-0.4, -0.2) is 22.3 Å². The molecule has 108 valence electrons. The van der Waals surface area contributed by atoms with Gasteiger partial charge < -0.3 is 10.2 Å². The number of carboxylic acids is 1. The normalized spacial score (nSPS) is 14.8. The fourth-order valence-electron chi connectivity index (χ4n) is 1.86. The fraction of sp³-hybridized carbons (Fsp3) is 0.562. The van der Waals surface area contributed by atoms with E-state index < -0.39 is 17.5 Å². The molecule has 2 N–H and O–H groups in total. The molecule has 0 saturated carbocycles. The third-order valence-electron chi connectivity index (χ3n) is 3.19. The number of aliphatic hydroxyl groups excluding tert-OH is 1. The number of carbonyl (C=O) groups is 1. The molecule has 0 aliphatic rings. The molecule has 0 spiro atoms. The summed E-state index contributed by atoms with van der Waals surface area (Å²) in [4.78, 5) is 11.5. The number of hydrogen-bond donors (Lipinski definition) is 2. The molecule has 0 bridgehead atoms. The Bertz CT molecular complexity index is 399. The van der Waals surface area contributed by atoms with Gasteiger partial charge in [-0.05, 0) is 39.2 Å². The highest BCUT2D eigenvalue weighted by Gasteiger charge is 2.35. The molecule has 0 aliphatic heterocycles. The predicted molar refractivity (Wildman–Crippen MR) is 78.4 cm³/mol. The maximum absolute atomic E-state index is 11.5. The number of carboxylic acid groups (broad SMARTS) is 1. The van der Waals surface area contributed by atoms with Crippen molar-refractivity contribution in [2.24, 2.45) is 0 Å². The first kappa shape index (κ1) is 17.6. The summed E-state index contributed by atoms with van der Waals surface area (Å²) in [6.07, 6.45) is 0.443. The highest BCUT2D eigenvalue weighted by Crippen LogP contribution is 2.30. The summed E-state index contributed by atoms with van der Waals surface area (Å²) in [5, 5.41) is 18.7. The van der Waals surface area contributed by atoms with Crippen LogP contribution < -0.4 is 0 Å². The van der Waals surface area contributed by atoms with E-state index in [1.165, 1.54) is 0 Å². The third-order valence-corrected chi connectivity index (χ3v) is 3.19. The van der Waals surface area contributed by atoms with Crippen molar-refractivity contribution in [1.82, 2.24) is 0 Å². The maximum atomic E-state index is 11.5. The molecule has 0 aromatic heterocycles. The molecule has 0 heterocycles. The summed E-state index contributed by atoms with van der Waals surface area (Å²) in [7, 11) is 0. The minimum absolute atomic E-state index is 0.434. The molecule has 2 unspecified atom stereocenters. The van der Waals surface area contributed by atoms with Gasteiger partial charge in [0, 0.05) is 0 Å². The van der Waals surface area contributed by atoms with E-state index in [0.29, 0.717) is 12.8 Å². The van der Waals surface area contributed by atoms with Crippen molar-refractivity contribution in [3.8, 4) is 0 Å². The summed E-state index contributed by atoms with van der Waals surface area (Å²) in [6.45, 7) is 9.34. The van der Waals surface area contributed by atoms with Crippen LogP contribution in [0.5, 0.6) is 0 Å². The second kappa shape index (κ2) is 7.95. The zero-order valence-corrected chi connectivity index (χ0v) is 12.6. The summed E-state index contributed by atoms with van der Waals surface area (Å²) in [5.41, 5.74) is 0.917. The van der Waals surface area contributed by atoms with E-state index in [2.05, 4.69) is 0 Å². The van der Waals surface area contributed by atoms with Crippen molar-refractivity contribution in [2.45, 2.75) is 59.0 Å². The van der Waals surface area contributed by atoms with E-state index in [1.54, 1.807) is 13.8 Å². The molecule has 1 aromatic rings. The van der Waals surface area contributed by atoms with Crippen LogP contribution in [0.2, 0.25) is 0 Å². The molecule has 1 rings (SSSR count). The first-order chi connectivity index (χ1) is 8.86. The Morgan fingerprint density at radius 1 is 1.37 bits per heavy atom. The number of rotatable bonds is 5. The van der Waals surface area contributed by atoms with Gasteiger partial charge in [0.05, 0.1) is 11.5 Å². The van der Waals surface area contributed by atoms with E-state index >= 15 is 0 Å². The molecule has 0 radical (unpaired) electrons. The highest BCUT2D eigenvalue weighted by molar-refractivity contribution is 5.80. The van der Waals surface area contributed by atoms with Crippen molar-refractivity contribution in [2.75, 3.05) is 0 Å². The Morgan fingerprint density at radius 2 is 1.95 bits per heavy atom. The Kier molecular flexibility index (Phi) is 7.38. The maximum Gasteiger partial charge on any atom is 0.313 e. The van der Waals surface area contributed by atoms with Crippen molar-refractivity contribution in [3.05, 3.63) is 35.4 Å². The summed E-state index contributed by atoms with van der Waals surface area (Å²) < 4.78 is 0. The molecule has 1 aromatic carbocycles. The largest absolute Gasteiger partial charge is 0.481 e. The molecule has 0 amide bonds. The van der Waals surface area contributed by atoms with E-state index in [-0.39, 0.29) is 0 Å². The third kappa shape index (κ3) is 5.03. The van der Waals surface area contributed by atoms with E-state index in [9.17, 15) is 15.0 Å². The minimum atomic E-state index is -0.928. The predicted octanol–water partition coefficient (Wildman–Crippen LogP) is 3.52. The smallest absolute Gasteiger partial charge is 0.313 e. The lowest BCUT2D eigenvalue weighted by Gasteiger charge is -2.26. The topological polar surface area (TPSA) is 57.5 Å². The van der Waals surface area contributed by atoms with Crippen molar-refractivity contribution >= 4 is 5.97 Å². The second-order valence-corrected chi connectivity index (χ2v) is 4.89. The molecular weight excluding hydrogens is 240 g/mol. The molecule has 2 atom stereocenters. The van der Waals surface area contributed by atoms with Crippen molar-refractivity contribution in [1.29, 1.82) is 0 Å². The van der Waals surface area contributed by atoms with Crippen LogP contribution in [0.1, 0.15) is 51.7 Å². The molecule has 19 heavy (non-hydrogen) atoms. The number of hydrogen-bond acceptors (Lipinski definition) is 2. The van der Waals surface area contributed by atoms with Crippen LogP contribution in [0.4, 0.5) is 0 Å². The molecular formula is C16H26O3.